The molecule has 0 amide bonds. The van der Waals surface area contributed by atoms with E-state index in [4.69, 9.17) is 0 Å². The van der Waals surface area contributed by atoms with Crippen molar-refractivity contribution in [3.8, 4) is 0 Å². The second-order valence-electron chi connectivity index (χ2n) is 5.19. The van der Waals surface area contributed by atoms with E-state index in [1.165, 1.54) is 12.1 Å². The predicted octanol–water partition coefficient (Wildman–Crippen LogP) is 2.96. The highest BCUT2D eigenvalue weighted by molar-refractivity contribution is 5.48. The first kappa shape index (κ1) is 15.5. The molecule has 1 aliphatic heterocycles. The van der Waals surface area contributed by atoms with Crippen molar-refractivity contribution in [2.45, 2.75) is 6.18 Å². The van der Waals surface area contributed by atoms with Crippen LogP contribution in [0.15, 0.2) is 36.5 Å². The van der Waals surface area contributed by atoms with Gasteiger partial charge in [-0.2, -0.15) is 13.2 Å². The zero-order chi connectivity index (χ0) is 16.4. The molecule has 1 aromatic heterocycles. The van der Waals surface area contributed by atoms with Crippen LogP contribution in [0.1, 0.15) is 5.69 Å². The Morgan fingerprint density at radius 2 is 1.48 bits per heavy atom. The summed E-state index contributed by atoms with van der Waals surface area (Å²) in [6, 6.07) is 7.01. The summed E-state index contributed by atoms with van der Waals surface area (Å²) in [5.74, 6) is -0.219. The van der Waals surface area contributed by atoms with E-state index in [-0.39, 0.29) is 11.8 Å². The van der Waals surface area contributed by atoms with E-state index in [1.54, 1.807) is 17.0 Å². The van der Waals surface area contributed by atoms with Crippen LogP contribution in [0.2, 0.25) is 0 Å². The molecule has 8 heteroatoms. The van der Waals surface area contributed by atoms with Crippen LogP contribution < -0.4 is 9.80 Å². The Labute approximate surface area is 130 Å². The molecule has 1 fully saturated rings. The monoisotopic (exact) mass is 326 g/mol. The van der Waals surface area contributed by atoms with Crippen molar-refractivity contribution in [3.63, 3.8) is 0 Å². The number of aromatic nitrogens is 2. The molecule has 1 aromatic carbocycles. The number of nitrogens with zero attached hydrogens (tertiary/aromatic N) is 4. The van der Waals surface area contributed by atoms with E-state index in [1.807, 2.05) is 4.90 Å². The summed E-state index contributed by atoms with van der Waals surface area (Å²) in [5, 5.41) is 0. The Hall–Kier alpha value is -2.38. The maximum atomic E-state index is 12.9. The first-order valence-electron chi connectivity index (χ1n) is 7.09. The largest absolute Gasteiger partial charge is 0.433 e. The van der Waals surface area contributed by atoms with Crippen molar-refractivity contribution >= 4 is 11.6 Å². The summed E-state index contributed by atoms with van der Waals surface area (Å²) in [6.07, 6.45) is -3.36. The van der Waals surface area contributed by atoms with E-state index in [2.05, 4.69) is 9.97 Å². The Balaban J connectivity index is 1.68. The molecule has 0 spiro atoms. The van der Waals surface area contributed by atoms with Gasteiger partial charge in [-0.1, -0.05) is 0 Å². The number of alkyl halides is 3. The Morgan fingerprint density at radius 1 is 0.870 bits per heavy atom. The number of hydrogen-bond acceptors (Lipinski definition) is 4. The molecule has 0 N–H and O–H groups in total. The van der Waals surface area contributed by atoms with Gasteiger partial charge in [0.05, 0.1) is 0 Å². The van der Waals surface area contributed by atoms with Gasteiger partial charge in [-0.15, -0.1) is 0 Å². The summed E-state index contributed by atoms with van der Waals surface area (Å²) in [4.78, 5) is 11.3. The van der Waals surface area contributed by atoms with Crippen LogP contribution in [-0.2, 0) is 6.18 Å². The third-order valence-corrected chi connectivity index (χ3v) is 3.69. The highest BCUT2D eigenvalue weighted by Crippen LogP contribution is 2.28. The third-order valence-electron chi connectivity index (χ3n) is 3.69. The van der Waals surface area contributed by atoms with Crippen molar-refractivity contribution in [2.24, 2.45) is 0 Å². The summed E-state index contributed by atoms with van der Waals surface area (Å²) < 4.78 is 51.0. The van der Waals surface area contributed by atoms with E-state index in [0.717, 1.165) is 18.0 Å². The maximum absolute atomic E-state index is 12.9. The summed E-state index contributed by atoms with van der Waals surface area (Å²) in [6.45, 7) is 2.20. The fourth-order valence-corrected chi connectivity index (χ4v) is 2.48. The smallest absolute Gasteiger partial charge is 0.368 e. The lowest BCUT2D eigenvalue weighted by Gasteiger charge is -2.36. The van der Waals surface area contributed by atoms with Gasteiger partial charge < -0.3 is 9.80 Å². The molecule has 0 atom stereocenters. The van der Waals surface area contributed by atoms with Crippen molar-refractivity contribution < 1.29 is 17.6 Å². The molecule has 0 unspecified atom stereocenters. The van der Waals surface area contributed by atoms with E-state index < -0.39 is 11.9 Å². The fourth-order valence-electron chi connectivity index (χ4n) is 2.48. The van der Waals surface area contributed by atoms with Crippen LogP contribution in [0.3, 0.4) is 0 Å². The number of benzene rings is 1. The number of rotatable bonds is 2. The van der Waals surface area contributed by atoms with Gasteiger partial charge in [0.1, 0.15) is 11.5 Å². The minimum atomic E-state index is -4.48. The molecule has 0 bridgehead atoms. The lowest BCUT2D eigenvalue weighted by molar-refractivity contribution is -0.141. The summed E-state index contributed by atoms with van der Waals surface area (Å²) >= 11 is 0. The van der Waals surface area contributed by atoms with Crippen molar-refractivity contribution in [1.29, 1.82) is 0 Å². The van der Waals surface area contributed by atoms with Crippen LogP contribution >= 0.6 is 0 Å². The molecular formula is C15H14F4N4. The van der Waals surface area contributed by atoms with E-state index in [9.17, 15) is 17.6 Å². The molecule has 23 heavy (non-hydrogen) atoms. The van der Waals surface area contributed by atoms with Crippen LogP contribution in [0, 0.1) is 5.82 Å². The first-order chi connectivity index (χ1) is 10.9. The van der Waals surface area contributed by atoms with E-state index in [0.29, 0.717) is 26.2 Å². The fraction of sp³-hybridized carbons (Fsp3) is 0.333. The lowest BCUT2D eigenvalue weighted by Crippen LogP contribution is -2.47. The second-order valence-corrected chi connectivity index (χ2v) is 5.19. The van der Waals surface area contributed by atoms with Crippen LogP contribution in [0.4, 0.5) is 29.2 Å². The summed E-state index contributed by atoms with van der Waals surface area (Å²) in [7, 11) is 0. The topological polar surface area (TPSA) is 32.3 Å². The first-order valence-corrected chi connectivity index (χ1v) is 7.09. The zero-order valence-electron chi connectivity index (χ0n) is 12.1. The maximum Gasteiger partial charge on any atom is 0.433 e. The predicted molar refractivity (Wildman–Crippen MR) is 77.9 cm³/mol. The third kappa shape index (κ3) is 3.52. The van der Waals surface area contributed by atoms with Gasteiger partial charge in [0, 0.05) is 38.1 Å². The standard InChI is InChI=1S/C15H14F4N4/c16-11-1-3-12(4-2-11)22-7-9-23(10-8-22)14-20-6-5-13(21-14)15(17,18)19/h1-6H,7-10H2. The van der Waals surface area contributed by atoms with Gasteiger partial charge in [0.15, 0.2) is 0 Å². The molecule has 1 aliphatic rings. The van der Waals surface area contributed by atoms with Gasteiger partial charge in [-0.25, -0.2) is 14.4 Å². The molecule has 3 rings (SSSR count). The van der Waals surface area contributed by atoms with Crippen LogP contribution in [-0.4, -0.2) is 36.1 Å². The van der Waals surface area contributed by atoms with Crippen LogP contribution in [0.25, 0.3) is 0 Å². The van der Waals surface area contributed by atoms with Gasteiger partial charge in [0.25, 0.3) is 0 Å². The molecule has 2 aromatic rings. The normalized spacial score (nSPS) is 15.8. The average molecular weight is 326 g/mol. The van der Waals surface area contributed by atoms with E-state index >= 15 is 0 Å². The highest BCUT2D eigenvalue weighted by atomic mass is 19.4. The highest BCUT2D eigenvalue weighted by Gasteiger charge is 2.33. The molecular weight excluding hydrogens is 312 g/mol. The van der Waals surface area contributed by atoms with Gasteiger partial charge in [0.2, 0.25) is 5.95 Å². The van der Waals surface area contributed by atoms with Gasteiger partial charge in [-0.3, -0.25) is 0 Å². The molecule has 4 nitrogen and oxygen atoms in total. The van der Waals surface area contributed by atoms with Crippen LogP contribution in [0.5, 0.6) is 0 Å². The summed E-state index contributed by atoms with van der Waals surface area (Å²) in [5.41, 5.74) is -0.0560. The van der Waals surface area contributed by atoms with Crippen molar-refractivity contribution in [2.75, 3.05) is 36.0 Å². The number of anilines is 2. The lowest BCUT2D eigenvalue weighted by atomic mass is 10.2. The van der Waals surface area contributed by atoms with Crippen molar-refractivity contribution in [3.05, 3.63) is 48.0 Å². The Bertz CT molecular complexity index is 664. The molecule has 122 valence electrons. The minimum Gasteiger partial charge on any atom is -0.368 e. The molecule has 1 saturated heterocycles. The Morgan fingerprint density at radius 3 is 2.09 bits per heavy atom. The molecule has 0 aliphatic carbocycles. The molecule has 0 radical (unpaired) electrons. The van der Waals surface area contributed by atoms with Gasteiger partial charge in [-0.05, 0) is 30.3 Å². The molecule has 2 heterocycles. The Kier molecular flexibility index (Phi) is 4.06. The SMILES string of the molecule is Fc1ccc(N2CCN(c3nccc(C(F)(F)F)n3)CC2)cc1. The number of piperazine rings is 1. The molecule has 0 saturated carbocycles. The minimum absolute atomic E-state index is 0.0820. The van der Waals surface area contributed by atoms with Crippen molar-refractivity contribution in [1.82, 2.24) is 9.97 Å². The number of halogens is 4. The average Bonchev–Trinajstić information content (AvgIpc) is 2.55. The quantitative estimate of drug-likeness (QED) is 0.794. The van der Waals surface area contributed by atoms with Gasteiger partial charge >= 0.3 is 6.18 Å². The zero-order valence-corrected chi connectivity index (χ0v) is 12.1. The number of hydrogen-bond donors (Lipinski definition) is 0. The second kappa shape index (κ2) is 6.02.